The maximum atomic E-state index is 13.3. The monoisotopic (exact) mass is 1280 g/mol. The van der Waals surface area contributed by atoms with Crippen LogP contribution in [0.15, 0.2) is 0 Å². The molecule has 538 valence electrons. The van der Waals surface area contributed by atoms with Gasteiger partial charge in [0.1, 0.15) is 36.6 Å². The number of hydrogen-bond acceptors (Lipinski definition) is 10. The van der Waals surface area contributed by atoms with Crippen molar-refractivity contribution < 1.29 is 50.0 Å². The predicted octanol–water partition coefficient (Wildman–Crippen LogP) is 20.8. The van der Waals surface area contributed by atoms with Gasteiger partial charge in [0.05, 0.1) is 25.4 Å². The van der Waals surface area contributed by atoms with Crippen LogP contribution in [0.1, 0.15) is 431 Å². The summed E-state index contributed by atoms with van der Waals surface area (Å²) in [6, 6.07) is -1.17. The number of aliphatic hydroxyl groups excluding tert-OH is 7. The Morgan fingerprint density at radius 1 is 0.344 bits per heavy atom. The van der Waals surface area contributed by atoms with E-state index in [2.05, 4.69) is 19.2 Å². The Morgan fingerprint density at radius 2 is 0.578 bits per heavy atom. The Kier molecular flexibility index (Phi) is 65.9. The SMILES string of the molecule is CCCCCCCCCCCCCCCCCCCCCCCCCCCCCCCCCCCCC(O)C(=O)NC(COC1OC(CO)C(O)C(O)C1O)C(O)C(O)CCCCCCCCCCCCCCCCCCCCCCCCCCCCCCC. The van der Waals surface area contributed by atoms with Crippen LogP contribution in [0.5, 0.6) is 0 Å². The summed E-state index contributed by atoms with van der Waals surface area (Å²) >= 11 is 0. The molecule has 1 amide bonds. The molecule has 1 fully saturated rings. The molecule has 1 saturated heterocycles. The van der Waals surface area contributed by atoms with Crippen LogP contribution < -0.4 is 5.32 Å². The van der Waals surface area contributed by atoms with Crippen LogP contribution in [0.3, 0.4) is 0 Å². The van der Waals surface area contributed by atoms with Crippen molar-refractivity contribution in [3.8, 4) is 0 Å². The van der Waals surface area contributed by atoms with Gasteiger partial charge in [-0.3, -0.25) is 4.79 Å². The summed E-state index contributed by atoms with van der Waals surface area (Å²) in [5.74, 6) is -0.685. The molecule has 9 atom stereocenters. The average molecular weight is 1280 g/mol. The molecule has 0 saturated carbocycles. The molecule has 1 rings (SSSR count). The molecule has 8 N–H and O–H groups in total. The van der Waals surface area contributed by atoms with E-state index >= 15 is 0 Å². The third-order valence-electron chi connectivity index (χ3n) is 20.2. The molecule has 0 radical (unpaired) electrons. The molecular weight excluding hydrogens is 1120 g/mol. The van der Waals surface area contributed by atoms with E-state index in [1.54, 1.807) is 0 Å². The number of rotatable bonds is 73. The van der Waals surface area contributed by atoms with Gasteiger partial charge in [-0.05, 0) is 12.8 Å². The summed E-state index contributed by atoms with van der Waals surface area (Å²) in [7, 11) is 0. The zero-order chi connectivity index (χ0) is 65.3. The molecule has 0 aromatic carbocycles. The first-order valence-corrected chi connectivity index (χ1v) is 40.4. The first-order valence-electron chi connectivity index (χ1n) is 40.4. The third kappa shape index (κ3) is 54.3. The molecular formula is C79H157NO10. The van der Waals surface area contributed by atoms with Crippen molar-refractivity contribution >= 4 is 5.91 Å². The second-order valence-electron chi connectivity index (χ2n) is 28.9. The lowest BCUT2D eigenvalue weighted by Crippen LogP contribution is -2.60. The van der Waals surface area contributed by atoms with Crippen molar-refractivity contribution in [3.63, 3.8) is 0 Å². The van der Waals surface area contributed by atoms with Gasteiger partial charge >= 0.3 is 0 Å². The van der Waals surface area contributed by atoms with Crippen LogP contribution in [0, 0.1) is 0 Å². The van der Waals surface area contributed by atoms with Crippen LogP contribution in [-0.2, 0) is 14.3 Å². The third-order valence-corrected chi connectivity index (χ3v) is 20.2. The Bertz CT molecular complexity index is 1420. The fourth-order valence-corrected chi connectivity index (χ4v) is 13.7. The summed E-state index contributed by atoms with van der Waals surface area (Å²) in [5, 5.41) is 76.8. The number of aliphatic hydroxyl groups is 7. The zero-order valence-corrected chi connectivity index (χ0v) is 59.9. The molecule has 1 aliphatic heterocycles. The highest BCUT2D eigenvalue weighted by molar-refractivity contribution is 5.80. The van der Waals surface area contributed by atoms with Crippen LogP contribution >= 0.6 is 0 Å². The minimum Gasteiger partial charge on any atom is -0.394 e. The van der Waals surface area contributed by atoms with Crippen LogP contribution in [-0.4, -0.2) is 110 Å². The summed E-state index contributed by atoms with van der Waals surface area (Å²) in [4.78, 5) is 13.3. The minimum absolute atomic E-state index is 0.268. The smallest absolute Gasteiger partial charge is 0.249 e. The maximum Gasteiger partial charge on any atom is 0.249 e. The van der Waals surface area contributed by atoms with E-state index < -0.39 is 74.2 Å². The van der Waals surface area contributed by atoms with E-state index in [9.17, 15) is 40.5 Å². The Balaban J connectivity index is 2.11. The summed E-state index contributed by atoms with van der Waals surface area (Å²) in [5.41, 5.74) is 0. The molecule has 1 heterocycles. The Labute approximate surface area is 558 Å². The second kappa shape index (κ2) is 68.1. The number of carbonyl (C=O) groups excluding carboxylic acids is 1. The lowest BCUT2D eigenvalue weighted by atomic mass is 9.98. The second-order valence-corrected chi connectivity index (χ2v) is 28.9. The van der Waals surface area contributed by atoms with Gasteiger partial charge in [0.25, 0.3) is 0 Å². The maximum absolute atomic E-state index is 13.3. The highest BCUT2D eigenvalue weighted by Crippen LogP contribution is 2.25. The van der Waals surface area contributed by atoms with Gasteiger partial charge in [0.2, 0.25) is 5.91 Å². The highest BCUT2D eigenvalue weighted by Gasteiger charge is 2.44. The van der Waals surface area contributed by atoms with Crippen molar-refractivity contribution in [2.24, 2.45) is 0 Å². The molecule has 0 aromatic heterocycles. The van der Waals surface area contributed by atoms with Gasteiger partial charge in [-0.2, -0.15) is 0 Å². The summed E-state index contributed by atoms with van der Waals surface area (Å²) < 4.78 is 11.2. The molecule has 1 aliphatic rings. The predicted molar refractivity (Wildman–Crippen MR) is 381 cm³/mol. The largest absolute Gasteiger partial charge is 0.394 e. The lowest BCUT2D eigenvalue weighted by Gasteiger charge is -2.40. The van der Waals surface area contributed by atoms with E-state index in [4.69, 9.17) is 9.47 Å². The molecule has 0 spiro atoms. The van der Waals surface area contributed by atoms with Gasteiger partial charge < -0.3 is 50.5 Å². The van der Waals surface area contributed by atoms with Crippen molar-refractivity contribution in [2.45, 2.75) is 486 Å². The standard InChI is InChI=1S/C79H157NO10/c1-3-5-7-9-11-13-15-17-19-21-23-25-27-29-31-33-34-35-36-37-39-41-43-45-47-49-51-53-55-57-59-61-63-65-67-72(83)78(88)80-70(69-89-79-77(87)76(86)75(85)73(68-81)90-79)74(84)71(82)66-64-62-60-58-56-54-52-50-48-46-44-42-40-38-32-30-28-26-24-22-20-18-16-14-12-10-8-6-4-2/h70-77,79,81-87H,3-69H2,1-2H3,(H,80,88). The Morgan fingerprint density at radius 3 is 0.822 bits per heavy atom. The quantitative estimate of drug-likeness (QED) is 0.0272. The fraction of sp³-hybridized carbons (Fsp3) is 0.987. The van der Waals surface area contributed by atoms with Crippen LogP contribution in [0.25, 0.3) is 0 Å². The van der Waals surface area contributed by atoms with E-state index in [-0.39, 0.29) is 6.42 Å². The fourth-order valence-electron chi connectivity index (χ4n) is 13.7. The minimum atomic E-state index is -1.66. The van der Waals surface area contributed by atoms with Gasteiger partial charge in [-0.25, -0.2) is 0 Å². The highest BCUT2D eigenvalue weighted by atomic mass is 16.7. The van der Waals surface area contributed by atoms with E-state index in [0.29, 0.717) is 19.3 Å². The van der Waals surface area contributed by atoms with Crippen LogP contribution in [0.4, 0.5) is 0 Å². The lowest BCUT2D eigenvalue weighted by molar-refractivity contribution is -0.303. The number of carbonyl (C=O) groups is 1. The molecule has 11 nitrogen and oxygen atoms in total. The van der Waals surface area contributed by atoms with Crippen molar-refractivity contribution in [1.29, 1.82) is 0 Å². The number of amides is 1. The van der Waals surface area contributed by atoms with E-state index in [0.717, 1.165) is 38.5 Å². The van der Waals surface area contributed by atoms with Gasteiger partial charge in [-0.15, -0.1) is 0 Å². The summed E-state index contributed by atoms with van der Waals surface area (Å²) in [6.07, 6.45) is 73.7. The molecule has 0 aliphatic carbocycles. The summed E-state index contributed by atoms with van der Waals surface area (Å²) in [6.45, 7) is 3.55. The normalized spacial score (nSPS) is 18.3. The zero-order valence-electron chi connectivity index (χ0n) is 59.9. The van der Waals surface area contributed by atoms with Crippen LogP contribution in [0.2, 0.25) is 0 Å². The Hall–Kier alpha value is -0.890. The molecule has 9 unspecified atom stereocenters. The van der Waals surface area contributed by atoms with Crippen molar-refractivity contribution in [2.75, 3.05) is 13.2 Å². The molecule has 90 heavy (non-hydrogen) atoms. The topological polar surface area (TPSA) is 189 Å². The van der Waals surface area contributed by atoms with Gasteiger partial charge in [0.15, 0.2) is 6.29 Å². The number of nitrogens with one attached hydrogen (secondary N) is 1. The first kappa shape index (κ1) is 87.1. The average Bonchev–Trinajstić information content (AvgIpc) is 1.22. The van der Waals surface area contributed by atoms with Crippen molar-refractivity contribution in [3.05, 3.63) is 0 Å². The molecule has 11 heteroatoms. The number of ether oxygens (including phenoxy) is 2. The number of unbranched alkanes of at least 4 members (excludes halogenated alkanes) is 61. The molecule has 0 bridgehead atoms. The van der Waals surface area contributed by atoms with E-state index in [1.807, 2.05) is 0 Å². The first-order chi connectivity index (χ1) is 44.2. The van der Waals surface area contributed by atoms with E-state index in [1.165, 1.54) is 353 Å². The van der Waals surface area contributed by atoms with Gasteiger partial charge in [0, 0.05) is 0 Å². The van der Waals surface area contributed by atoms with Gasteiger partial charge in [-0.1, -0.05) is 418 Å². The molecule has 0 aromatic rings. The van der Waals surface area contributed by atoms with Crippen molar-refractivity contribution in [1.82, 2.24) is 5.32 Å². The number of hydrogen-bond donors (Lipinski definition) is 8.